The standard InChI is InChI=1S/C15H16N2O/c18-12-15(10-13-6-2-1-3-7-13)17-11-14-8-4-5-9-16-14/h1-9,11,15,18H,10,12H2/t15-/m0/s1. The van der Waals surface area contributed by atoms with Gasteiger partial charge in [-0.1, -0.05) is 36.4 Å². The third kappa shape index (κ3) is 3.79. The van der Waals surface area contributed by atoms with Crippen molar-refractivity contribution in [2.24, 2.45) is 4.99 Å². The third-order valence-corrected chi connectivity index (χ3v) is 2.63. The van der Waals surface area contributed by atoms with Crippen LogP contribution in [0.3, 0.4) is 0 Å². The number of aliphatic imine (C=N–C) groups is 1. The van der Waals surface area contributed by atoms with Gasteiger partial charge in [-0.2, -0.15) is 0 Å². The van der Waals surface area contributed by atoms with E-state index in [1.165, 1.54) is 5.56 Å². The van der Waals surface area contributed by atoms with Crippen molar-refractivity contribution in [1.82, 2.24) is 4.98 Å². The predicted molar refractivity (Wildman–Crippen MR) is 72.9 cm³/mol. The van der Waals surface area contributed by atoms with Crippen LogP contribution in [0.2, 0.25) is 0 Å². The zero-order valence-electron chi connectivity index (χ0n) is 10.1. The van der Waals surface area contributed by atoms with E-state index in [9.17, 15) is 5.11 Å². The summed E-state index contributed by atoms with van der Waals surface area (Å²) in [4.78, 5) is 8.53. The molecule has 0 saturated heterocycles. The van der Waals surface area contributed by atoms with Gasteiger partial charge >= 0.3 is 0 Å². The van der Waals surface area contributed by atoms with Gasteiger partial charge in [0.2, 0.25) is 0 Å². The molecule has 0 aliphatic heterocycles. The van der Waals surface area contributed by atoms with E-state index in [4.69, 9.17) is 0 Å². The molecule has 1 atom stereocenters. The summed E-state index contributed by atoms with van der Waals surface area (Å²) in [5.74, 6) is 0. The van der Waals surface area contributed by atoms with Crippen LogP contribution >= 0.6 is 0 Å². The van der Waals surface area contributed by atoms with Crippen LogP contribution in [0.25, 0.3) is 0 Å². The minimum absolute atomic E-state index is 0.0399. The van der Waals surface area contributed by atoms with Gasteiger partial charge < -0.3 is 5.11 Å². The number of benzene rings is 1. The maximum Gasteiger partial charge on any atom is 0.0807 e. The van der Waals surface area contributed by atoms with Gasteiger partial charge in [0.1, 0.15) is 0 Å². The summed E-state index contributed by atoms with van der Waals surface area (Å²) in [7, 11) is 0. The number of rotatable bonds is 5. The van der Waals surface area contributed by atoms with Crippen LogP contribution in [0, 0.1) is 0 Å². The molecule has 18 heavy (non-hydrogen) atoms. The Morgan fingerprint density at radius 2 is 1.89 bits per heavy atom. The number of hydrogen-bond donors (Lipinski definition) is 1. The molecule has 3 nitrogen and oxygen atoms in total. The van der Waals surface area contributed by atoms with E-state index >= 15 is 0 Å². The van der Waals surface area contributed by atoms with Crippen molar-refractivity contribution in [2.75, 3.05) is 6.61 Å². The molecule has 2 aromatic rings. The Morgan fingerprint density at radius 1 is 1.11 bits per heavy atom. The monoisotopic (exact) mass is 240 g/mol. The molecule has 1 N–H and O–H groups in total. The zero-order chi connectivity index (χ0) is 12.6. The minimum atomic E-state index is -0.116. The number of aliphatic hydroxyl groups excluding tert-OH is 1. The topological polar surface area (TPSA) is 45.5 Å². The second-order valence-electron chi connectivity index (χ2n) is 4.06. The lowest BCUT2D eigenvalue weighted by Crippen LogP contribution is -2.14. The van der Waals surface area contributed by atoms with E-state index in [0.717, 1.165) is 12.1 Å². The van der Waals surface area contributed by atoms with E-state index in [1.807, 2.05) is 48.5 Å². The number of aromatic nitrogens is 1. The fourth-order valence-electron chi connectivity index (χ4n) is 1.68. The van der Waals surface area contributed by atoms with Crippen molar-refractivity contribution in [1.29, 1.82) is 0 Å². The SMILES string of the molecule is OC[C@H](Cc1ccccc1)N=Cc1ccccn1. The highest BCUT2D eigenvalue weighted by Crippen LogP contribution is 2.05. The van der Waals surface area contributed by atoms with Gasteiger partial charge in [-0.15, -0.1) is 0 Å². The van der Waals surface area contributed by atoms with Gasteiger partial charge in [-0.05, 0) is 24.1 Å². The van der Waals surface area contributed by atoms with Crippen LogP contribution in [0.5, 0.6) is 0 Å². The van der Waals surface area contributed by atoms with Crippen LogP contribution in [-0.4, -0.2) is 29.0 Å². The van der Waals surface area contributed by atoms with Gasteiger partial charge in [0.05, 0.1) is 18.3 Å². The Hall–Kier alpha value is -2.00. The van der Waals surface area contributed by atoms with E-state index in [1.54, 1.807) is 12.4 Å². The van der Waals surface area contributed by atoms with E-state index in [0.29, 0.717) is 0 Å². The van der Waals surface area contributed by atoms with Crippen molar-refractivity contribution in [2.45, 2.75) is 12.5 Å². The van der Waals surface area contributed by atoms with E-state index in [2.05, 4.69) is 9.98 Å². The first-order valence-corrected chi connectivity index (χ1v) is 5.97. The molecule has 0 unspecified atom stereocenters. The van der Waals surface area contributed by atoms with Crippen LogP contribution in [0.4, 0.5) is 0 Å². The number of aliphatic hydroxyl groups is 1. The first-order valence-electron chi connectivity index (χ1n) is 5.97. The Morgan fingerprint density at radius 3 is 2.56 bits per heavy atom. The van der Waals surface area contributed by atoms with E-state index < -0.39 is 0 Å². The second kappa shape index (κ2) is 6.67. The smallest absolute Gasteiger partial charge is 0.0807 e. The maximum atomic E-state index is 9.33. The summed E-state index contributed by atoms with van der Waals surface area (Å²) >= 11 is 0. The van der Waals surface area contributed by atoms with Crippen molar-refractivity contribution >= 4 is 6.21 Å². The van der Waals surface area contributed by atoms with Gasteiger partial charge in [-0.3, -0.25) is 9.98 Å². The van der Waals surface area contributed by atoms with Crippen molar-refractivity contribution in [3.05, 3.63) is 66.0 Å². The average Bonchev–Trinajstić information content (AvgIpc) is 2.45. The van der Waals surface area contributed by atoms with Crippen LogP contribution < -0.4 is 0 Å². The maximum absolute atomic E-state index is 9.33. The molecule has 0 fully saturated rings. The fraction of sp³-hybridized carbons (Fsp3) is 0.200. The molecule has 0 radical (unpaired) electrons. The molecule has 2 rings (SSSR count). The highest BCUT2D eigenvalue weighted by atomic mass is 16.3. The summed E-state index contributed by atoms with van der Waals surface area (Å²) in [5.41, 5.74) is 1.98. The highest BCUT2D eigenvalue weighted by Gasteiger charge is 2.05. The summed E-state index contributed by atoms with van der Waals surface area (Å²) in [5, 5.41) is 9.33. The largest absolute Gasteiger partial charge is 0.394 e. The molecule has 0 aliphatic carbocycles. The second-order valence-corrected chi connectivity index (χ2v) is 4.06. The molecule has 1 aromatic carbocycles. The Balaban J connectivity index is 2.00. The summed E-state index contributed by atoms with van der Waals surface area (Å²) < 4.78 is 0. The summed E-state index contributed by atoms with van der Waals surface area (Å²) in [6, 6.07) is 15.6. The fourth-order valence-corrected chi connectivity index (χ4v) is 1.68. The summed E-state index contributed by atoms with van der Waals surface area (Å²) in [6.07, 6.45) is 4.18. The first kappa shape index (κ1) is 12.5. The van der Waals surface area contributed by atoms with Crippen LogP contribution in [-0.2, 0) is 6.42 Å². The molecular formula is C15H16N2O. The number of pyridine rings is 1. The third-order valence-electron chi connectivity index (χ3n) is 2.63. The Bertz CT molecular complexity index is 482. The average molecular weight is 240 g/mol. The first-order chi connectivity index (χ1) is 8.88. The number of nitrogens with zero attached hydrogens (tertiary/aromatic N) is 2. The molecule has 0 amide bonds. The normalized spacial score (nSPS) is 12.7. The van der Waals surface area contributed by atoms with Gasteiger partial charge in [0.25, 0.3) is 0 Å². The van der Waals surface area contributed by atoms with Gasteiger partial charge in [0, 0.05) is 12.4 Å². The lowest BCUT2D eigenvalue weighted by Gasteiger charge is -2.08. The van der Waals surface area contributed by atoms with Crippen molar-refractivity contribution < 1.29 is 5.11 Å². The molecule has 0 bridgehead atoms. The Labute approximate surface area is 107 Å². The predicted octanol–water partition coefficient (Wildman–Crippen LogP) is 2.10. The molecule has 1 heterocycles. The lowest BCUT2D eigenvalue weighted by molar-refractivity contribution is 0.266. The molecule has 0 saturated carbocycles. The molecule has 1 aromatic heterocycles. The minimum Gasteiger partial charge on any atom is -0.394 e. The lowest BCUT2D eigenvalue weighted by atomic mass is 10.1. The van der Waals surface area contributed by atoms with Crippen molar-refractivity contribution in [3.8, 4) is 0 Å². The summed E-state index contributed by atoms with van der Waals surface area (Å²) in [6.45, 7) is 0.0399. The highest BCUT2D eigenvalue weighted by molar-refractivity contribution is 5.76. The van der Waals surface area contributed by atoms with E-state index in [-0.39, 0.29) is 12.6 Å². The van der Waals surface area contributed by atoms with Crippen molar-refractivity contribution in [3.63, 3.8) is 0 Å². The van der Waals surface area contributed by atoms with Gasteiger partial charge in [0.15, 0.2) is 0 Å². The van der Waals surface area contributed by atoms with Crippen LogP contribution in [0.1, 0.15) is 11.3 Å². The molecule has 0 aliphatic rings. The number of hydrogen-bond acceptors (Lipinski definition) is 3. The Kier molecular flexibility index (Phi) is 4.61. The molecule has 3 heteroatoms. The zero-order valence-corrected chi connectivity index (χ0v) is 10.1. The molecule has 0 spiro atoms. The quantitative estimate of drug-likeness (QED) is 0.813. The molecular weight excluding hydrogens is 224 g/mol. The van der Waals surface area contributed by atoms with Gasteiger partial charge in [-0.25, -0.2) is 0 Å². The van der Waals surface area contributed by atoms with Crippen LogP contribution in [0.15, 0.2) is 59.7 Å². The molecule has 92 valence electrons.